The number of hydrogen-bond donors (Lipinski definition) is 1. The molecule has 1 saturated heterocycles. The zero-order valence-electron chi connectivity index (χ0n) is 12.3. The van der Waals surface area contributed by atoms with E-state index in [-0.39, 0.29) is 0 Å². The van der Waals surface area contributed by atoms with Crippen LogP contribution in [0.5, 0.6) is 0 Å². The Morgan fingerprint density at radius 2 is 2.21 bits per heavy atom. The molecule has 3 rings (SSSR count). The number of aryl methyl sites for hydroxylation is 1. The van der Waals surface area contributed by atoms with E-state index in [0.717, 1.165) is 13.1 Å². The van der Waals surface area contributed by atoms with Crippen molar-refractivity contribution in [3.8, 4) is 0 Å². The van der Waals surface area contributed by atoms with Gasteiger partial charge in [0.2, 0.25) is 0 Å². The third kappa shape index (κ3) is 2.50. The first-order valence-corrected chi connectivity index (χ1v) is 7.81. The fourth-order valence-corrected chi connectivity index (χ4v) is 3.54. The van der Waals surface area contributed by atoms with E-state index >= 15 is 0 Å². The van der Waals surface area contributed by atoms with Crippen molar-refractivity contribution in [3.05, 3.63) is 11.3 Å². The molecule has 0 aliphatic carbocycles. The zero-order chi connectivity index (χ0) is 13.2. The Hall–Kier alpha value is -1.03. The molecule has 0 saturated carbocycles. The van der Waals surface area contributed by atoms with Crippen LogP contribution in [0.1, 0.15) is 49.8 Å². The van der Waals surface area contributed by atoms with Gasteiger partial charge in [-0.3, -0.25) is 0 Å². The van der Waals surface area contributed by atoms with E-state index < -0.39 is 0 Å². The van der Waals surface area contributed by atoms with Crippen LogP contribution in [0.25, 0.3) is 0 Å². The summed E-state index contributed by atoms with van der Waals surface area (Å²) in [6, 6.07) is 0. The summed E-state index contributed by atoms with van der Waals surface area (Å²) in [4.78, 5) is 2.45. The number of piperidine rings is 1. The van der Waals surface area contributed by atoms with E-state index in [2.05, 4.69) is 28.9 Å². The number of fused-ring (bicyclic) bond motifs is 1. The molecule has 0 aromatic carbocycles. The van der Waals surface area contributed by atoms with Crippen molar-refractivity contribution in [2.45, 2.75) is 51.5 Å². The molecular weight excluding hydrogens is 236 g/mol. The molecular formula is C15H26N4. The molecule has 106 valence electrons. The van der Waals surface area contributed by atoms with Crippen molar-refractivity contribution in [1.29, 1.82) is 0 Å². The lowest BCUT2D eigenvalue weighted by Gasteiger charge is -2.29. The van der Waals surface area contributed by atoms with E-state index in [0.29, 0.717) is 5.92 Å². The highest BCUT2D eigenvalue weighted by Crippen LogP contribution is 2.33. The number of hydrogen-bond acceptors (Lipinski definition) is 3. The average Bonchev–Trinajstić information content (AvgIpc) is 2.59. The maximum absolute atomic E-state index is 4.94. The standard InChI is InChI=1S/C15H26N4/c1-3-19-15-13(8-4-5-9-16-15)14(17-19)12-7-6-10-18(2)11-12/h12,16H,3-11H2,1-2H3. The molecule has 1 unspecified atom stereocenters. The second-order valence-corrected chi connectivity index (χ2v) is 6.01. The van der Waals surface area contributed by atoms with Crippen molar-refractivity contribution in [1.82, 2.24) is 14.7 Å². The summed E-state index contributed by atoms with van der Waals surface area (Å²) in [6.45, 7) is 6.68. The van der Waals surface area contributed by atoms with Gasteiger partial charge in [-0.25, -0.2) is 4.68 Å². The average molecular weight is 262 g/mol. The maximum Gasteiger partial charge on any atom is 0.127 e. The maximum atomic E-state index is 4.94. The highest BCUT2D eigenvalue weighted by Gasteiger charge is 2.27. The SMILES string of the molecule is CCn1nc(C2CCCN(C)C2)c2c1NCCCC2. The lowest BCUT2D eigenvalue weighted by Crippen LogP contribution is -2.31. The van der Waals surface area contributed by atoms with Crippen molar-refractivity contribution in [3.63, 3.8) is 0 Å². The van der Waals surface area contributed by atoms with Gasteiger partial charge in [0.25, 0.3) is 0 Å². The van der Waals surface area contributed by atoms with Gasteiger partial charge in [0.05, 0.1) is 5.69 Å². The number of rotatable bonds is 2. The lowest BCUT2D eigenvalue weighted by molar-refractivity contribution is 0.247. The Labute approximate surface area is 116 Å². The van der Waals surface area contributed by atoms with E-state index in [1.165, 1.54) is 62.3 Å². The molecule has 1 fully saturated rings. The molecule has 0 amide bonds. The van der Waals surface area contributed by atoms with Crippen LogP contribution in [0.15, 0.2) is 0 Å². The molecule has 0 bridgehead atoms. The monoisotopic (exact) mass is 262 g/mol. The minimum atomic E-state index is 0.639. The molecule has 1 N–H and O–H groups in total. The van der Waals surface area contributed by atoms with Crippen LogP contribution in [-0.4, -0.2) is 41.4 Å². The summed E-state index contributed by atoms with van der Waals surface area (Å²) >= 11 is 0. The topological polar surface area (TPSA) is 33.1 Å². The van der Waals surface area contributed by atoms with Crippen LogP contribution in [0.2, 0.25) is 0 Å². The van der Waals surface area contributed by atoms with E-state index in [4.69, 9.17) is 5.10 Å². The number of anilines is 1. The number of nitrogens with one attached hydrogen (secondary N) is 1. The van der Waals surface area contributed by atoms with Crippen LogP contribution in [0.3, 0.4) is 0 Å². The molecule has 1 aromatic rings. The number of aromatic nitrogens is 2. The summed E-state index contributed by atoms with van der Waals surface area (Å²) in [5.74, 6) is 1.95. The second kappa shape index (κ2) is 5.53. The Morgan fingerprint density at radius 1 is 1.32 bits per heavy atom. The van der Waals surface area contributed by atoms with Crippen molar-refractivity contribution < 1.29 is 0 Å². The molecule has 0 spiro atoms. The third-order valence-corrected chi connectivity index (χ3v) is 4.54. The molecule has 4 nitrogen and oxygen atoms in total. The molecule has 0 radical (unpaired) electrons. The Morgan fingerprint density at radius 3 is 3.00 bits per heavy atom. The van der Waals surface area contributed by atoms with Crippen LogP contribution in [0.4, 0.5) is 5.82 Å². The Bertz CT molecular complexity index is 438. The van der Waals surface area contributed by atoms with Gasteiger partial charge in [-0.15, -0.1) is 0 Å². The normalized spacial score (nSPS) is 24.6. The van der Waals surface area contributed by atoms with E-state index in [9.17, 15) is 0 Å². The molecule has 3 heterocycles. The minimum absolute atomic E-state index is 0.639. The summed E-state index contributed by atoms with van der Waals surface area (Å²) in [5, 5.41) is 8.54. The first-order chi connectivity index (χ1) is 9.29. The Balaban J connectivity index is 1.94. The number of likely N-dealkylation sites (N-methyl/N-ethyl adjacent to an activating group) is 1. The van der Waals surface area contributed by atoms with Gasteiger partial charge in [0.15, 0.2) is 0 Å². The summed E-state index contributed by atoms with van der Waals surface area (Å²) in [7, 11) is 2.24. The highest BCUT2D eigenvalue weighted by molar-refractivity contribution is 5.50. The van der Waals surface area contributed by atoms with Gasteiger partial charge >= 0.3 is 0 Å². The molecule has 19 heavy (non-hydrogen) atoms. The Kier molecular flexibility index (Phi) is 3.78. The highest BCUT2D eigenvalue weighted by atomic mass is 15.3. The van der Waals surface area contributed by atoms with Crippen LogP contribution >= 0.6 is 0 Å². The largest absolute Gasteiger partial charge is 0.370 e. The van der Waals surface area contributed by atoms with Crippen molar-refractivity contribution in [2.24, 2.45) is 0 Å². The van der Waals surface area contributed by atoms with Gasteiger partial charge in [0.1, 0.15) is 5.82 Å². The summed E-state index contributed by atoms with van der Waals surface area (Å²) in [6.07, 6.45) is 6.39. The molecule has 1 aromatic heterocycles. The zero-order valence-corrected chi connectivity index (χ0v) is 12.3. The van der Waals surface area contributed by atoms with Crippen molar-refractivity contribution >= 4 is 5.82 Å². The molecule has 2 aliphatic heterocycles. The fraction of sp³-hybridized carbons (Fsp3) is 0.800. The molecule has 1 atom stereocenters. The number of nitrogens with zero attached hydrogens (tertiary/aromatic N) is 3. The van der Waals surface area contributed by atoms with Crippen LogP contribution in [-0.2, 0) is 13.0 Å². The molecule has 4 heteroatoms. The van der Waals surface area contributed by atoms with E-state index in [1.807, 2.05) is 0 Å². The first-order valence-electron chi connectivity index (χ1n) is 7.81. The number of likely N-dealkylation sites (tertiary alicyclic amines) is 1. The summed E-state index contributed by atoms with van der Waals surface area (Å²) < 4.78 is 2.19. The van der Waals surface area contributed by atoms with Gasteiger partial charge < -0.3 is 10.2 Å². The lowest BCUT2D eigenvalue weighted by atomic mass is 9.91. The third-order valence-electron chi connectivity index (χ3n) is 4.54. The first kappa shape index (κ1) is 13.0. The van der Waals surface area contributed by atoms with Crippen LogP contribution < -0.4 is 5.32 Å². The predicted octanol–water partition coefficient (Wildman–Crippen LogP) is 2.46. The van der Waals surface area contributed by atoms with E-state index in [1.54, 1.807) is 0 Å². The van der Waals surface area contributed by atoms with Gasteiger partial charge in [-0.2, -0.15) is 5.10 Å². The summed E-state index contributed by atoms with van der Waals surface area (Å²) in [5.41, 5.74) is 2.90. The van der Waals surface area contributed by atoms with Gasteiger partial charge in [-0.1, -0.05) is 0 Å². The molecule has 2 aliphatic rings. The minimum Gasteiger partial charge on any atom is -0.370 e. The second-order valence-electron chi connectivity index (χ2n) is 6.01. The van der Waals surface area contributed by atoms with Gasteiger partial charge in [0, 0.05) is 31.1 Å². The predicted molar refractivity (Wildman–Crippen MR) is 78.8 cm³/mol. The quantitative estimate of drug-likeness (QED) is 0.889. The fourth-order valence-electron chi connectivity index (χ4n) is 3.54. The van der Waals surface area contributed by atoms with Crippen molar-refractivity contribution in [2.75, 3.05) is 32.0 Å². The smallest absolute Gasteiger partial charge is 0.127 e. The van der Waals surface area contributed by atoms with Gasteiger partial charge in [-0.05, 0) is 52.6 Å². The van der Waals surface area contributed by atoms with Crippen LogP contribution in [0, 0.1) is 0 Å².